The number of nitro benzene ring substituents is 1. The molecule has 0 radical (unpaired) electrons. The minimum absolute atomic E-state index is 0.0180. The van der Waals surface area contributed by atoms with Crippen LogP contribution in [0.5, 0.6) is 0 Å². The molecule has 0 unspecified atom stereocenters. The third kappa shape index (κ3) is 3.34. The zero-order valence-electron chi connectivity index (χ0n) is 15.6. The summed E-state index contributed by atoms with van der Waals surface area (Å²) in [6.45, 7) is 2.11. The molecule has 1 aromatic heterocycles. The molecular weight excluding hydrogens is 370 g/mol. The predicted octanol–water partition coefficient (Wildman–Crippen LogP) is 3.42. The minimum atomic E-state index is -0.469. The lowest BCUT2D eigenvalue weighted by molar-refractivity contribution is -0.384. The molecule has 0 aliphatic heterocycles. The summed E-state index contributed by atoms with van der Waals surface area (Å²) < 4.78 is 2.67. The number of hydrogen-bond donors (Lipinski definition) is 0. The van der Waals surface area contributed by atoms with Crippen LogP contribution in [0.4, 0.5) is 5.69 Å². The van der Waals surface area contributed by atoms with Gasteiger partial charge in [0.05, 0.1) is 28.1 Å². The zero-order chi connectivity index (χ0) is 20.5. The van der Waals surface area contributed by atoms with Gasteiger partial charge < -0.3 is 0 Å². The number of nitrogens with zero attached hydrogens (tertiary/aromatic N) is 3. The van der Waals surface area contributed by atoms with Gasteiger partial charge in [0.1, 0.15) is 0 Å². The number of aryl methyl sites for hydroxylation is 1. The molecule has 29 heavy (non-hydrogen) atoms. The van der Waals surface area contributed by atoms with Gasteiger partial charge in [0, 0.05) is 12.1 Å². The zero-order valence-corrected chi connectivity index (χ0v) is 15.6. The average Bonchev–Trinajstić information content (AvgIpc) is 2.73. The third-order valence-corrected chi connectivity index (χ3v) is 4.83. The number of rotatable bonds is 4. The van der Waals surface area contributed by atoms with E-state index in [0.717, 1.165) is 15.7 Å². The van der Waals surface area contributed by atoms with Gasteiger partial charge in [-0.15, -0.1) is 0 Å². The van der Waals surface area contributed by atoms with Crippen LogP contribution < -0.4 is 11.2 Å². The van der Waals surface area contributed by atoms with E-state index >= 15 is 0 Å². The van der Waals surface area contributed by atoms with Gasteiger partial charge in [0.15, 0.2) is 0 Å². The Kier molecular flexibility index (Phi) is 4.56. The Morgan fingerprint density at radius 1 is 0.897 bits per heavy atom. The van der Waals surface area contributed by atoms with Crippen molar-refractivity contribution in [3.8, 4) is 5.69 Å². The standard InChI is InChI=1S/C22H17N3O4/c1-15-6-10-17(11-7-15)24-21(26)19-4-2-3-5-20(19)23(22(24)27)14-16-8-12-18(13-9-16)25(28)29/h2-13H,14H2,1H3. The fourth-order valence-electron chi connectivity index (χ4n) is 3.30. The maximum Gasteiger partial charge on any atom is 0.336 e. The molecule has 0 saturated carbocycles. The van der Waals surface area contributed by atoms with Crippen molar-refractivity contribution in [1.29, 1.82) is 0 Å². The summed E-state index contributed by atoms with van der Waals surface area (Å²) in [4.78, 5) is 36.7. The lowest BCUT2D eigenvalue weighted by Crippen LogP contribution is -2.39. The molecule has 3 aromatic carbocycles. The largest absolute Gasteiger partial charge is 0.336 e. The summed E-state index contributed by atoms with van der Waals surface area (Å²) >= 11 is 0. The maximum atomic E-state index is 13.3. The van der Waals surface area contributed by atoms with E-state index < -0.39 is 10.6 Å². The van der Waals surface area contributed by atoms with Crippen LogP contribution in [0, 0.1) is 17.0 Å². The van der Waals surface area contributed by atoms with E-state index in [1.165, 1.54) is 16.7 Å². The van der Waals surface area contributed by atoms with Crippen molar-refractivity contribution in [3.05, 3.63) is 115 Å². The van der Waals surface area contributed by atoms with Crippen molar-refractivity contribution in [3.63, 3.8) is 0 Å². The topological polar surface area (TPSA) is 87.1 Å². The summed E-state index contributed by atoms with van der Waals surface area (Å²) in [5.41, 5.74) is 1.89. The Hall–Kier alpha value is -4.00. The maximum absolute atomic E-state index is 13.3. The van der Waals surface area contributed by atoms with E-state index in [4.69, 9.17) is 0 Å². The quantitative estimate of drug-likeness (QED) is 0.397. The first-order valence-corrected chi connectivity index (χ1v) is 9.00. The lowest BCUT2D eigenvalue weighted by Gasteiger charge is -2.14. The van der Waals surface area contributed by atoms with Crippen molar-refractivity contribution in [2.75, 3.05) is 0 Å². The van der Waals surface area contributed by atoms with E-state index in [1.54, 1.807) is 48.5 Å². The Labute approximate surface area is 165 Å². The highest BCUT2D eigenvalue weighted by molar-refractivity contribution is 5.78. The van der Waals surface area contributed by atoms with Crippen molar-refractivity contribution in [1.82, 2.24) is 9.13 Å². The molecular formula is C22H17N3O4. The molecule has 0 aliphatic carbocycles. The molecule has 0 atom stereocenters. The molecule has 7 nitrogen and oxygen atoms in total. The molecule has 0 amide bonds. The van der Waals surface area contributed by atoms with Crippen LogP contribution in [0.25, 0.3) is 16.6 Å². The molecule has 0 N–H and O–H groups in total. The van der Waals surface area contributed by atoms with Crippen LogP contribution in [0.1, 0.15) is 11.1 Å². The molecule has 0 bridgehead atoms. The summed E-state index contributed by atoms with van der Waals surface area (Å²) in [5, 5.41) is 11.3. The predicted molar refractivity (Wildman–Crippen MR) is 111 cm³/mol. The molecule has 144 valence electrons. The summed E-state index contributed by atoms with van der Waals surface area (Å²) in [6, 6.07) is 20.1. The van der Waals surface area contributed by atoms with Gasteiger partial charge in [-0.3, -0.25) is 19.5 Å². The molecule has 0 aliphatic rings. The highest BCUT2D eigenvalue weighted by Gasteiger charge is 2.15. The van der Waals surface area contributed by atoms with E-state index in [2.05, 4.69) is 0 Å². The van der Waals surface area contributed by atoms with Gasteiger partial charge in [-0.2, -0.15) is 0 Å². The Bertz CT molecular complexity index is 1330. The number of aromatic nitrogens is 2. The van der Waals surface area contributed by atoms with Gasteiger partial charge in [-0.05, 0) is 36.8 Å². The van der Waals surface area contributed by atoms with Gasteiger partial charge in [0.2, 0.25) is 0 Å². The number of hydrogen-bond acceptors (Lipinski definition) is 4. The third-order valence-electron chi connectivity index (χ3n) is 4.83. The van der Waals surface area contributed by atoms with Crippen LogP contribution in [0.15, 0.2) is 82.4 Å². The van der Waals surface area contributed by atoms with Crippen LogP contribution in [0.2, 0.25) is 0 Å². The van der Waals surface area contributed by atoms with Crippen molar-refractivity contribution in [2.24, 2.45) is 0 Å². The van der Waals surface area contributed by atoms with Crippen LogP contribution >= 0.6 is 0 Å². The van der Waals surface area contributed by atoms with Crippen molar-refractivity contribution in [2.45, 2.75) is 13.5 Å². The monoisotopic (exact) mass is 387 g/mol. The highest BCUT2D eigenvalue weighted by atomic mass is 16.6. The van der Waals surface area contributed by atoms with E-state index in [1.807, 2.05) is 19.1 Å². The molecule has 7 heteroatoms. The van der Waals surface area contributed by atoms with E-state index in [-0.39, 0.29) is 17.8 Å². The van der Waals surface area contributed by atoms with E-state index in [0.29, 0.717) is 16.6 Å². The number of benzene rings is 3. The summed E-state index contributed by atoms with van der Waals surface area (Å²) in [6.07, 6.45) is 0. The molecule has 0 spiro atoms. The second kappa shape index (κ2) is 7.20. The summed E-state index contributed by atoms with van der Waals surface area (Å²) in [7, 11) is 0. The smallest absolute Gasteiger partial charge is 0.288 e. The van der Waals surface area contributed by atoms with Gasteiger partial charge in [-0.25, -0.2) is 9.36 Å². The van der Waals surface area contributed by atoms with Crippen LogP contribution in [-0.4, -0.2) is 14.1 Å². The Morgan fingerprint density at radius 2 is 1.55 bits per heavy atom. The first kappa shape index (κ1) is 18.4. The second-order valence-electron chi connectivity index (χ2n) is 6.79. The molecule has 0 fully saturated rings. The van der Waals surface area contributed by atoms with Gasteiger partial charge in [-0.1, -0.05) is 42.0 Å². The highest BCUT2D eigenvalue weighted by Crippen LogP contribution is 2.15. The van der Waals surface area contributed by atoms with E-state index in [9.17, 15) is 19.7 Å². The van der Waals surface area contributed by atoms with Crippen molar-refractivity contribution < 1.29 is 4.92 Å². The molecule has 4 rings (SSSR count). The first-order chi connectivity index (χ1) is 14.0. The van der Waals surface area contributed by atoms with Crippen LogP contribution in [-0.2, 0) is 6.54 Å². The average molecular weight is 387 g/mol. The van der Waals surface area contributed by atoms with Gasteiger partial charge >= 0.3 is 5.69 Å². The number of fused-ring (bicyclic) bond motifs is 1. The second-order valence-corrected chi connectivity index (χ2v) is 6.79. The fraction of sp³-hybridized carbons (Fsp3) is 0.0909. The SMILES string of the molecule is Cc1ccc(-n2c(=O)c3ccccc3n(Cc3ccc([N+](=O)[O-])cc3)c2=O)cc1. The number of non-ortho nitro benzene ring substituents is 1. The minimum Gasteiger partial charge on any atom is -0.288 e. The van der Waals surface area contributed by atoms with Gasteiger partial charge in [0.25, 0.3) is 11.2 Å². The first-order valence-electron chi connectivity index (χ1n) is 9.00. The number of para-hydroxylation sites is 1. The molecule has 4 aromatic rings. The molecule has 1 heterocycles. The Morgan fingerprint density at radius 3 is 2.21 bits per heavy atom. The summed E-state index contributed by atoms with van der Waals surface area (Å²) in [5.74, 6) is 0. The van der Waals surface area contributed by atoms with Crippen LogP contribution in [0.3, 0.4) is 0 Å². The molecule has 0 saturated heterocycles. The Balaban J connectivity index is 1.93. The number of nitro groups is 1. The lowest BCUT2D eigenvalue weighted by atomic mass is 10.2. The fourth-order valence-corrected chi connectivity index (χ4v) is 3.30. The normalized spacial score (nSPS) is 10.9. The van der Waals surface area contributed by atoms with Crippen molar-refractivity contribution >= 4 is 16.6 Å².